The zero-order valence-electron chi connectivity index (χ0n) is 11.1. The molecule has 86 valence electrons. The summed E-state index contributed by atoms with van der Waals surface area (Å²) < 4.78 is 0. The highest BCUT2D eigenvalue weighted by molar-refractivity contribution is 5.78. The minimum absolute atomic E-state index is 0.0695. The molecule has 0 aliphatic carbocycles. The normalized spacial score (nSPS) is 12.9. The maximum atomic E-state index is 11.0. The summed E-state index contributed by atoms with van der Waals surface area (Å²) in [7, 11) is 1.67. The van der Waals surface area contributed by atoms with E-state index in [4.69, 9.17) is 0 Å². The Balaban J connectivity index is 0. The SMILES string of the molecule is CC(C)C.CNC(=O)C(C)C(C)(C)C. The van der Waals surface area contributed by atoms with Crippen molar-refractivity contribution < 1.29 is 4.79 Å². The van der Waals surface area contributed by atoms with Crippen LogP contribution in [0.25, 0.3) is 0 Å². The minimum atomic E-state index is 0.0695. The average molecular weight is 201 g/mol. The van der Waals surface area contributed by atoms with Crippen molar-refractivity contribution in [1.82, 2.24) is 5.32 Å². The molecular weight excluding hydrogens is 174 g/mol. The number of rotatable bonds is 1. The summed E-state index contributed by atoms with van der Waals surface area (Å²) in [5.74, 6) is 1.03. The van der Waals surface area contributed by atoms with Gasteiger partial charge in [-0.3, -0.25) is 4.79 Å². The molecular formula is C12H27NO. The van der Waals surface area contributed by atoms with Crippen molar-refractivity contribution >= 4 is 5.91 Å². The van der Waals surface area contributed by atoms with E-state index in [0.29, 0.717) is 0 Å². The number of carbonyl (C=O) groups excluding carboxylic acids is 1. The number of nitrogens with one attached hydrogen (secondary N) is 1. The molecule has 0 rings (SSSR count). The summed E-state index contributed by atoms with van der Waals surface area (Å²) in [6, 6.07) is 0. The fourth-order valence-electron chi connectivity index (χ4n) is 0.610. The van der Waals surface area contributed by atoms with Crippen molar-refractivity contribution in [2.24, 2.45) is 17.3 Å². The van der Waals surface area contributed by atoms with E-state index in [1.165, 1.54) is 0 Å². The monoisotopic (exact) mass is 201 g/mol. The quantitative estimate of drug-likeness (QED) is 0.694. The van der Waals surface area contributed by atoms with Gasteiger partial charge in [0.05, 0.1) is 0 Å². The van der Waals surface area contributed by atoms with Gasteiger partial charge in [-0.2, -0.15) is 0 Å². The molecule has 0 aromatic heterocycles. The van der Waals surface area contributed by atoms with Gasteiger partial charge in [0, 0.05) is 13.0 Å². The molecule has 0 saturated carbocycles. The Morgan fingerprint density at radius 1 is 1.07 bits per heavy atom. The third-order valence-electron chi connectivity index (χ3n) is 1.94. The van der Waals surface area contributed by atoms with Gasteiger partial charge >= 0.3 is 0 Å². The van der Waals surface area contributed by atoms with Gasteiger partial charge in [0.15, 0.2) is 0 Å². The first kappa shape index (κ1) is 15.9. The van der Waals surface area contributed by atoms with Crippen molar-refractivity contribution in [3.8, 4) is 0 Å². The van der Waals surface area contributed by atoms with E-state index in [1.807, 2.05) is 6.92 Å². The summed E-state index contributed by atoms with van der Waals surface area (Å²) >= 11 is 0. The topological polar surface area (TPSA) is 29.1 Å². The van der Waals surface area contributed by atoms with Gasteiger partial charge in [-0.15, -0.1) is 0 Å². The molecule has 2 nitrogen and oxygen atoms in total. The molecule has 0 fully saturated rings. The van der Waals surface area contributed by atoms with Crippen LogP contribution in [0.4, 0.5) is 0 Å². The first-order chi connectivity index (χ1) is 6.12. The number of hydrogen-bond donors (Lipinski definition) is 1. The van der Waals surface area contributed by atoms with Crippen LogP contribution in [0.2, 0.25) is 0 Å². The molecule has 0 aromatic carbocycles. The molecule has 2 heteroatoms. The predicted molar refractivity (Wildman–Crippen MR) is 63.2 cm³/mol. The Bertz CT molecular complexity index is 153. The van der Waals surface area contributed by atoms with Crippen LogP contribution in [0, 0.1) is 17.3 Å². The summed E-state index contributed by atoms with van der Waals surface area (Å²) in [6.07, 6.45) is 0. The highest BCUT2D eigenvalue weighted by atomic mass is 16.1. The first-order valence-corrected chi connectivity index (χ1v) is 5.34. The van der Waals surface area contributed by atoms with Crippen LogP contribution in [0.15, 0.2) is 0 Å². The van der Waals surface area contributed by atoms with E-state index in [2.05, 4.69) is 46.9 Å². The maximum Gasteiger partial charge on any atom is 0.223 e. The number of amides is 1. The molecule has 0 heterocycles. The lowest BCUT2D eigenvalue weighted by Gasteiger charge is -2.25. The van der Waals surface area contributed by atoms with Gasteiger partial charge in [0.25, 0.3) is 0 Å². The van der Waals surface area contributed by atoms with Crippen LogP contribution in [0.5, 0.6) is 0 Å². The predicted octanol–water partition coefficient (Wildman–Crippen LogP) is 3.08. The van der Waals surface area contributed by atoms with Gasteiger partial charge in [0.2, 0.25) is 5.91 Å². The van der Waals surface area contributed by atoms with Gasteiger partial charge in [-0.05, 0) is 11.3 Å². The van der Waals surface area contributed by atoms with E-state index in [1.54, 1.807) is 7.05 Å². The molecule has 1 N–H and O–H groups in total. The largest absolute Gasteiger partial charge is 0.359 e. The lowest BCUT2D eigenvalue weighted by Crippen LogP contribution is -2.33. The highest BCUT2D eigenvalue weighted by Crippen LogP contribution is 2.24. The van der Waals surface area contributed by atoms with Crippen LogP contribution >= 0.6 is 0 Å². The van der Waals surface area contributed by atoms with Crippen molar-refractivity contribution in [1.29, 1.82) is 0 Å². The van der Waals surface area contributed by atoms with Crippen LogP contribution in [-0.2, 0) is 4.79 Å². The lowest BCUT2D eigenvalue weighted by molar-refractivity contribution is -0.126. The van der Waals surface area contributed by atoms with Gasteiger partial charge < -0.3 is 5.32 Å². The Morgan fingerprint density at radius 2 is 1.36 bits per heavy atom. The minimum Gasteiger partial charge on any atom is -0.359 e. The van der Waals surface area contributed by atoms with E-state index in [0.717, 1.165) is 5.92 Å². The summed E-state index contributed by atoms with van der Waals surface area (Å²) in [6.45, 7) is 14.6. The van der Waals surface area contributed by atoms with Crippen LogP contribution < -0.4 is 5.32 Å². The van der Waals surface area contributed by atoms with Gasteiger partial charge in [-0.1, -0.05) is 48.5 Å². The molecule has 0 bridgehead atoms. The molecule has 0 aromatic rings. The molecule has 0 aliphatic heterocycles. The molecule has 0 saturated heterocycles. The highest BCUT2D eigenvalue weighted by Gasteiger charge is 2.25. The molecule has 1 atom stereocenters. The molecule has 0 spiro atoms. The number of carbonyl (C=O) groups is 1. The standard InChI is InChI=1S/C8H17NO.C4H10/c1-6(7(10)9-5)8(2,3)4;1-4(2)3/h6H,1-5H3,(H,9,10);4H,1-3H3. The van der Waals surface area contributed by atoms with E-state index in [9.17, 15) is 4.79 Å². The summed E-state index contributed by atoms with van der Waals surface area (Å²) in [4.78, 5) is 11.0. The summed E-state index contributed by atoms with van der Waals surface area (Å²) in [5, 5.41) is 2.63. The Kier molecular flexibility index (Phi) is 7.80. The fourth-order valence-corrected chi connectivity index (χ4v) is 0.610. The first-order valence-electron chi connectivity index (χ1n) is 5.34. The van der Waals surface area contributed by atoms with E-state index in [-0.39, 0.29) is 17.2 Å². The number of hydrogen-bond acceptors (Lipinski definition) is 1. The van der Waals surface area contributed by atoms with Gasteiger partial charge in [-0.25, -0.2) is 0 Å². The second kappa shape index (κ2) is 6.86. The Morgan fingerprint density at radius 3 is 1.43 bits per heavy atom. The molecule has 0 radical (unpaired) electrons. The van der Waals surface area contributed by atoms with Gasteiger partial charge in [0.1, 0.15) is 0 Å². The second-order valence-corrected chi connectivity index (χ2v) is 5.43. The molecule has 14 heavy (non-hydrogen) atoms. The van der Waals surface area contributed by atoms with Crippen molar-refractivity contribution in [2.45, 2.75) is 48.5 Å². The lowest BCUT2D eigenvalue weighted by atomic mass is 9.81. The molecule has 1 unspecified atom stereocenters. The zero-order valence-corrected chi connectivity index (χ0v) is 11.1. The molecule has 1 amide bonds. The van der Waals surface area contributed by atoms with E-state index >= 15 is 0 Å². The van der Waals surface area contributed by atoms with Crippen LogP contribution in [0.3, 0.4) is 0 Å². The second-order valence-electron chi connectivity index (χ2n) is 5.43. The zero-order chi connectivity index (χ0) is 11.9. The Labute approximate surface area is 89.5 Å². The van der Waals surface area contributed by atoms with Crippen molar-refractivity contribution in [3.63, 3.8) is 0 Å². The Hall–Kier alpha value is -0.530. The van der Waals surface area contributed by atoms with Crippen molar-refractivity contribution in [3.05, 3.63) is 0 Å². The van der Waals surface area contributed by atoms with E-state index < -0.39 is 0 Å². The smallest absolute Gasteiger partial charge is 0.223 e. The van der Waals surface area contributed by atoms with Crippen LogP contribution in [-0.4, -0.2) is 13.0 Å². The third-order valence-corrected chi connectivity index (χ3v) is 1.94. The average Bonchev–Trinajstić information content (AvgIpc) is 1.99. The van der Waals surface area contributed by atoms with Crippen molar-refractivity contribution in [2.75, 3.05) is 7.05 Å². The summed E-state index contributed by atoms with van der Waals surface area (Å²) in [5.41, 5.74) is 0.0695. The third kappa shape index (κ3) is 9.56. The molecule has 0 aliphatic rings. The maximum absolute atomic E-state index is 11.0. The fraction of sp³-hybridized carbons (Fsp3) is 0.917. The van der Waals surface area contributed by atoms with Crippen LogP contribution in [0.1, 0.15) is 48.5 Å².